The van der Waals surface area contributed by atoms with Gasteiger partial charge in [-0.2, -0.15) is 8.78 Å². The van der Waals surface area contributed by atoms with Gasteiger partial charge in [0.1, 0.15) is 11.5 Å². The predicted molar refractivity (Wildman–Crippen MR) is 85.3 cm³/mol. The molecule has 1 amide bonds. The zero-order chi connectivity index (χ0) is 18.4. The summed E-state index contributed by atoms with van der Waals surface area (Å²) in [5, 5.41) is 13.1. The van der Waals surface area contributed by atoms with Crippen molar-refractivity contribution in [3.8, 4) is 11.5 Å². The summed E-state index contributed by atoms with van der Waals surface area (Å²) in [5.41, 5.74) is 0.151. The number of hydrogen-bond acceptors (Lipinski definition) is 5. The van der Waals surface area contributed by atoms with E-state index in [0.29, 0.717) is 5.69 Å². The molecule has 0 bridgehead atoms. The number of non-ortho nitro benzene ring substituents is 1. The van der Waals surface area contributed by atoms with Crippen molar-refractivity contribution in [1.82, 2.24) is 0 Å². The maximum absolute atomic E-state index is 12.0. The molecule has 0 saturated heterocycles. The molecule has 0 aliphatic carbocycles. The molecule has 0 unspecified atom stereocenters. The molecule has 25 heavy (non-hydrogen) atoms. The van der Waals surface area contributed by atoms with Crippen molar-refractivity contribution in [2.24, 2.45) is 0 Å². The highest BCUT2D eigenvalue weighted by molar-refractivity contribution is 6.32. The van der Waals surface area contributed by atoms with E-state index in [1.165, 1.54) is 36.4 Å². The summed E-state index contributed by atoms with van der Waals surface area (Å²) in [6.45, 7) is -3.33. The maximum atomic E-state index is 12.0. The molecule has 0 heterocycles. The predicted octanol–water partition coefficient (Wildman–Crippen LogP) is 3.87. The average Bonchev–Trinajstić information content (AvgIpc) is 2.55. The minimum atomic E-state index is -2.93. The van der Waals surface area contributed by atoms with Crippen molar-refractivity contribution in [2.75, 3.05) is 11.9 Å². The molecular formula is C15H11ClF2N2O5. The molecule has 0 aliphatic heterocycles. The van der Waals surface area contributed by atoms with Gasteiger partial charge in [0.15, 0.2) is 6.61 Å². The van der Waals surface area contributed by atoms with Gasteiger partial charge in [-0.05, 0) is 30.3 Å². The molecule has 2 rings (SSSR count). The molecule has 1 N–H and O–H groups in total. The van der Waals surface area contributed by atoms with Crippen LogP contribution in [0.4, 0.5) is 20.2 Å². The Hall–Kier alpha value is -2.94. The van der Waals surface area contributed by atoms with Gasteiger partial charge in [0.25, 0.3) is 11.6 Å². The number of alkyl halides is 2. The summed E-state index contributed by atoms with van der Waals surface area (Å²) in [4.78, 5) is 21.8. The Morgan fingerprint density at radius 3 is 2.48 bits per heavy atom. The number of ether oxygens (including phenoxy) is 2. The van der Waals surface area contributed by atoms with E-state index in [0.717, 1.165) is 6.07 Å². The number of carbonyl (C=O) groups excluding carboxylic acids is 1. The minimum absolute atomic E-state index is 0.00417. The topological polar surface area (TPSA) is 90.7 Å². The lowest BCUT2D eigenvalue weighted by Gasteiger charge is -2.09. The normalized spacial score (nSPS) is 10.4. The summed E-state index contributed by atoms with van der Waals surface area (Å²) < 4.78 is 33.5. The molecule has 2 aromatic carbocycles. The van der Waals surface area contributed by atoms with Crippen molar-refractivity contribution < 1.29 is 28.0 Å². The number of amides is 1. The number of anilines is 1. The average molecular weight is 373 g/mol. The van der Waals surface area contributed by atoms with Crippen LogP contribution in [0.2, 0.25) is 5.02 Å². The number of rotatable bonds is 7. The lowest BCUT2D eigenvalue weighted by Crippen LogP contribution is -2.20. The fourth-order valence-electron chi connectivity index (χ4n) is 1.78. The van der Waals surface area contributed by atoms with Crippen molar-refractivity contribution in [3.63, 3.8) is 0 Å². The molecule has 10 heteroatoms. The number of nitrogens with zero attached hydrogens (tertiary/aromatic N) is 1. The first-order valence-electron chi connectivity index (χ1n) is 6.76. The number of nitro benzene ring substituents is 1. The van der Waals surface area contributed by atoms with Crippen LogP contribution in [0.25, 0.3) is 0 Å². The van der Waals surface area contributed by atoms with E-state index in [-0.39, 0.29) is 22.2 Å². The monoisotopic (exact) mass is 372 g/mol. The first kappa shape index (κ1) is 18.4. The van der Waals surface area contributed by atoms with Crippen molar-refractivity contribution >= 4 is 28.9 Å². The van der Waals surface area contributed by atoms with E-state index in [9.17, 15) is 23.7 Å². The van der Waals surface area contributed by atoms with Crippen molar-refractivity contribution in [1.29, 1.82) is 0 Å². The molecular weight excluding hydrogens is 362 g/mol. The largest absolute Gasteiger partial charge is 0.482 e. The molecule has 0 aromatic heterocycles. The summed E-state index contributed by atoms with van der Waals surface area (Å²) >= 11 is 5.84. The molecule has 2 aromatic rings. The van der Waals surface area contributed by atoms with E-state index in [4.69, 9.17) is 16.3 Å². The van der Waals surface area contributed by atoms with Crippen LogP contribution < -0.4 is 14.8 Å². The van der Waals surface area contributed by atoms with E-state index >= 15 is 0 Å². The van der Waals surface area contributed by atoms with Gasteiger partial charge in [-0.1, -0.05) is 11.6 Å². The van der Waals surface area contributed by atoms with Crippen LogP contribution in [-0.2, 0) is 4.79 Å². The van der Waals surface area contributed by atoms with Crippen LogP contribution in [0.3, 0.4) is 0 Å². The summed E-state index contributed by atoms with van der Waals surface area (Å²) in [6.07, 6.45) is 0. The smallest absolute Gasteiger partial charge is 0.387 e. The minimum Gasteiger partial charge on any atom is -0.482 e. The Morgan fingerprint density at radius 1 is 1.24 bits per heavy atom. The van der Waals surface area contributed by atoms with Gasteiger partial charge in [0.2, 0.25) is 0 Å². The number of halogens is 3. The first-order chi connectivity index (χ1) is 11.8. The van der Waals surface area contributed by atoms with Crippen LogP contribution in [0.1, 0.15) is 0 Å². The zero-order valence-electron chi connectivity index (χ0n) is 12.4. The van der Waals surface area contributed by atoms with Gasteiger partial charge in [-0.15, -0.1) is 0 Å². The van der Waals surface area contributed by atoms with Gasteiger partial charge in [-0.25, -0.2) is 0 Å². The molecule has 0 aliphatic rings. The van der Waals surface area contributed by atoms with Crippen molar-refractivity contribution in [3.05, 3.63) is 57.6 Å². The van der Waals surface area contributed by atoms with Crippen LogP contribution in [0.5, 0.6) is 11.5 Å². The Kier molecular flexibility index (Phi) is 6.07. The van der Waals surface area contributed by atoms with Crippen LogP contribution in [-0.4, -0.2) is 24.0 Å². The van der Waals surface area contributed by atoms with Crippen LogP contribution >= 0.6 is 11.6 Å². The number of hydrogen-bond donors (Lipinski definition) is 1. The highest BCUT2D eigenvalue weighted by Gasteiger charge is 2.12. The molecule has 132 valence electrons. The van der Waals surface area contributed by atoms with Gasteiger partial charge in [0.05, 0.1) is 9.95 Å². The highest BCUT2D eigenvalue weighted by atomic mass is 35.5. The zero-order valence-corrected chi connectivity index (χ0v) is 13.2. The van der Waals surface area contributed by atoms with Crippen LogP contribution in [0, 0.1) is 10.1 Å². The fraction of sp³-hybridized carbons (Fsp3) is 0.133. The third-order valence-electron chi connectivity index (χ3n) is 2.85. The third-order valence-corrected chi connectivity index (χ3v) is 3.14. The van der Waals surface area contributed by atoms with Gasteiger partial charge in [-0.3, -0.25) is 14.9 Å². The lowest BCUT2D eigenvalue weighted by molar-refractivity contribution is -0.384. The van der Waals surface area contributed by atoms with Crippen molar-refractivity contribution in [2.45, 2.75) is 6.61 Å². The molecule has 0 radical (unpaired) electrons. The Labute approximate surface area is 145 Å². The second-order valence-corrected chi connectivity index (χ2v) is 5.02. The Bertz CT molecular complexity index is 771. The molecule has 0 spiro atoms. The van der Waals surface area contributed by atoms with Gasteiger partial charge >= 0.3 is 6.61 Å². The Balaban J connectivity index is 1.89. The summed E-state index contributed by atoms with van der Waals surface area (Å²) in [5.74, 6) is -0.457. The van der Waals surface area contributed by atoms with E-state index in [1.54, 1.807) is 0 Å². The summed E-state index contributed by atoms with van der Waals surface area (Å²) in [6, 6.07) is 8.90. The third kappa shape index (κ3) is 5.57. The fourth-order valence-corrected chi connectivity index (χ4v) is 2.01. The second kappa shape index (κ2) is 8.25. The van der Waals surface area contributed by atoms with Gasteiger partial charge < -0.3 is 14.8 Å². The standard InChI is InChI=1S/C15H11ClF2N2O5/c16-12-7-10(20(22)23)3-6-13(12)24-8-14(21)19-9-1-4-11(5-2-9)25-15(17)18/h1-7,15H,8H2,(H,19,21). The van der Waals surface area contributed by atoms with Crippen LogP contribution in [0.15, 0.2) is 42.5 Å². The quantitative estimate of drug-likeness (QED) is 0.588. The summed E-state index contributed by atoms with van der Waals surface area (Å²) in [7, 11) is 0. The van der Waals surface area contributed by atoms with E-state index in [1.807, 2.05) is 0 Å². The SMILES string of the molecule is O=C(COc1ccc([N+](=O)[O-])cc1Cl)Nc1ccc(OC(F)F)cc1. The van der Waals surface area contributed by atoms with E-state index in [2.05, 4.69) is 10.1 Å². The lowest BCUT2D eigenvalue weighted by atomic mass is 10.3. The molecule has 0 atom stereocenters. The number of benzene rings is 2. The molecule has 7 nitrogen and oxygen atoms in total. The second-order valence-electron chi connectivity index (χ2n) is 4.61. The first-order valence-corrected chi connectivity index (χ1v) is 7.14. The number of nitrogens with one attached hydrogen (secondary N) is 1. The number of nitro groups is 1. The van der Waals surface area contributed by atoms with Gasteiger partial charge in [0, 0.05) is 17.8 Å². The van der Waals surface area contributed by atoms with E-state index < -0.39 is 24.0 Å². The maximum Gasteiger partial charge on any atom is 0.387 e. The molecule has 0 fully saturated rings. The highest BCUT2D eigenvalue weighted by Crippen LogP contribution is 2.28. The Morgan fingerprint density at radius 2 is 1.92 bits per heavy atom. The number of carbonyl (C=O) groups is 1. The molecule has 0 saturated carbocycles.